The van der Waals surface area contributed by atoms with Gasteiger partial charge in [0.05, 0.1) is 0 Å². The van der Waals surface area contributed by atoms with Gasteiger partial charge in [-0.1, -0.05) is 33.3 Å². The fraction of sp³-hybridized carbons (Fsp3) is 0.706. The van der Waals surface area contributed by atoms with Crippen LogP contribution in [0.25, 0.3) is 0 Å². The molecule has 1 heteroatoms. The third-order valence-electron chi connectivity index (χ3n) is 5.74. The lowest BCUT2D eigenvalue weighted by atomic mass is 9.50. The molecule has 1 nitrogen and oxygen atoms in total. The highest BCUT2D eigenvalue weighted by Gasteiger charge is 2.50. The molecule has 0 saturated heterocycles. The van der Waals surface area contributed by atoms with E-state index in [4.69, 9.17) is 0 Å². The summed E-state index contributed by atoms with van der Waals surface area (Å²) >= 11 is 0. The van der Waals surface area contributed by atoms with Crippen LogP contribution in [0.2, 0.25) is 0 Å². The van der Waals surface area contributed by atoms with Crippen molar-refractivity contribution in [2.45, 2.75) is 59.3 Å². The molecule has 18 heavy (non-hydrogen) atoms. The average molecular weight is 244 g/mol. The highest BCUT2D eigenvalue weighted by molar-refractivity contribution is 5.93. The lowest BCUT2D eigenvalue weighted by Gasteiger charge is -2.55. The Balaban J connectivity index is 2.09. The van der Waals surface area contributed by atoms with Crippen LogP contribution in [-0.2, 0) is 4.79 Å². The minimum atomic E-state index is 0.252. The van der Waals surface area contributed by atoms with Gasteiger partial charge in [0.25, 0.3) is 0 Å². The van der Waals surface area contributed by atoms with Crippen LogP contribution in [-0.4, -0.2) is 5.78 Å². The Labute approximate surface area is 110 Å². The van der Waals surface area contributed by atoms with Crippen molar-refractivity contribution in [1.29, 1.82) is 0 Å². The Bertz CT molecular complexity index is 452. The van der Waals surface area contributed by atoms with E-state index in [0.717, 1.165) is 12.8 Å². The van der Waals surface area contributed by atoms with Gasteiger partial charge >= 0.3 is 0 Å². The van der Waals surface area contributed by atoms with Crippen LogP contribution >= 0.6 is 0 Å². The number of carbonyl (C=O) groups is 1. The maximum Gasteiger partial charge on any atom is 0.156 e. The van der Waals surface area contributed by atoms with Crippen molar-refractivity contribution in [3.63, 3.8) is 0 Å². The number of rotatable bonds is 0. The molecule has 0 aromatic rings. The van der Waals surface area contributed by atoms with Gasteiger partial charge < -0.3 is 0 Å². The molecule has 0 spiro atoms. The number of ketones is 1. The van der Waals surface area contributed by atoms with Crippen molar-refractivity contribution in [2.75, 3.05) is 0 Å². The van der Waals surface area contributed by atoms with E-state index >= 15 is 0 Å². The molecule has 1 fully saturated rings. The van der Waals surface area contributed by atoms with Gasteiger partial charge in [0.15, 0.2) is 5.78 Å². The van der Waals surface area contributed by atoms with Crippen molar-refractivity contribution in [1.82, 2.24) is 0 Å². The van der Waals surface area contributed by atoms with E-state index in [9.17, 15) is 4.79 Å². The van der Waals surface area contributed by atoms with Crippen molar-refractivity contribution in [3.8, 4) is 0 Å². The Hall–Kier alpha value is -0.850. The first-order chi connectivity index (χ1) is 8.43. The lowest BCUT2D eigenvalue weighted by molar-refractivity contribution is -0.115. The van der Waals surface area contributed by atoms with Crippen LogP contribution < -0.4 is 0 Å². The van der Waals surface area contributed by atoms with Crippen LogP contribution in [0.15, 0.2) is 23.3 Å². The monoisotopic (exact) mass is 244 g/mol. The fourth-order valence-electron chi connectivity index (χ4n) is 4.75. The smallest absolute Gasteiger partial charge is 0.156 e. The molecule has 0 unspecified atom stereocenters. The summed E-state index contributed by atoms with van der Waals surface area (Å²) in [5.41, 5.74) is 3.53. The molecule has 0 N–H and O–H groups in total. The van der Waals surface area contributed by atoms with Crippen molar-refractivity contribution >= 4 is 5.78 Å². The van der Waals surface area contributed by atoms with Gasteiger partial charge in [0, 0.05) is 6.42 Å². The molecule has 1 saturated carbocycles. The summed E-state index contributed by atoms with van der Waals surface area (Å²) in [6, 6.07) is 0. The third-order valence-corrected chi connectivity index (χ3v) is 5.74. The number of allylic oxidation sites excluding steroid dienone is 4. The molecular weight excluding hydrogens is 220 g/mol. The maximum absolute atomic E-state index is 11.8. The van der Waals surface area contributed by atoms with Crippen LogP contribution in [0.4, 0.5) is 0 Å². The summed E-state index contributed by atoms with van der Waals surface area (Å²) < 4.78 is 0. The summed E-state index contributed by atoms with van der Waals surface area (Å²) in [5, 5.41) is 0. The molecule has 2 atom stereocenters. The highest BCUT2D eigenvalue weighted by atomic mass is 16.1. The van der Waals surface area contributed by atoms with Gasteiger partial charge in [-0.15, -0.1) is 0 Å². The molecule has 0 bridgehead atoms. The van der Waals surface area contributed by atoms with Gasteiger partial charge in [0.2, 0.25) is 0 Å². The molecule has 0 radical (unpaired) electrons. The number of carbonyl (C=O) groups excluding carboxylic acids is 1. The molecule has 98 valence electrons. The van der Waals surface area contributed by atoms with Crippen LogP contribution in [0, 0.1) is 16.7 Å². The largest absolute Gasteiger partial charge is 0.295 e. The zero-order valence-corrected chi connectivity index (χ0v) is 11.9. The molecule has 3 aliphatic carbocycles. The standard InChI is InChI=1S/C17H24O/c1-16(2)9-4-10-17(3)14-11-13(18)7-5-12(14)6-8-15(16)17/h6,11,15H,4-5,7-10H2,1-3H3/t15-,17+/m1/s1. The Kier molecular flexibility index (Phi) is 2.59. The van der Waals surface area contributed by atoms with Gasteiger partial charge in [-0.2, -0.15) is 0 Å². The number of hydrogen-bond donors (Lipinski definition) is 0. The quantitative estimate of drug-likeness (QED) is 0.615. The van der Waals surface area contributed by atoms with Crippen LogP contribution in [0.1, 0.15) is 59.3 Å². The number of fused-ring (bicyclic) bond motifs is 3. The summed E-state index contributed by atoms with van der Waals surface area (Å²) in [6.45, 7) is 7.24. The normalized spacial score (nSPS) is 38.4. The molecule has 0 aromatic carbocycles. The number of hydrogen-bond acceptors (Lipinski definition) is 1. The minimum absolute atomic E-state index is 0.252. The minimum Gasteiger partial charge on any atom is -0.295 e. The lowest BCUT2D eigenvalue weighted by Crippen LogP contribution is -2.45. The summed E-state index contributed by atoms with van der Waals surface area (Å²) in [5.74, 6) is 1.05. The van der Waals surface area contributed by atoms with Gasteiger partial charge in [-0.25, -0.2) is 0 Å². The molecule has 3 aliphatic rings. The fourth-order valence-corrected chi connectivity index (χ4v) is 4.75. The predicted molar refractivity (Wildman–Crippen MR) is 74.3 cm³/mol. The average Bonchev–Trinajstić information content (AvgIpc) is 2.29. The first kappa shape index (κ1) is 12.2. The Morgan fingerprint density at radius 1 is 1.17 bits per heavy atom. The molecule has 0 amide bonds. The first-order valence-electron chi connectivity index (χ1n) is 7.38. The zero-order chi connectivity index (χ0) is 13.0. The van der Waals surface area contributed by atoms with Crippen molar-refractivity contribution in [2.24, 2.45) is 16.7 Å². The van der Waals surface area contributed by atoms with Crippen molar-refractivity contribution < 1.29 is 4.79 Å². The highest BCUT2D eigenvalue weighted by Crippen LogP contribution is 2.60. The second-order valence-electron chi connectivity index (χ2n) is 7.30. The van der Waals surface area contributed by atoms with E-state index in [0.29, 0.717) is 17.1 Å². The molecule has 0 aromatic heterocycles. The second kappa shape index (κ2) is 3.82. The molecule has 0 heterocycles. The summed E-state index contributed by atoms with van der Waals surface area (Å²) in [7, 11) is 0. The Morgan fingerprint density at radius 2 is 1.94 bits per heavy atom. The van der Waals surface area contributed by atoms with Gasteiger partial charge in [-0.05, 0) is 59.7 Å². The topological polar surface area (TPSA) is 17.1 Å². The summed E-state index contributed by atoms with van der Waals surface area (Å²) in [4.78, 5) is 11.8. The first-order valence-corrected chi connectivity index (χ1v) is 7.38. The molecular formula is C17H24O. The third kappa shape index (κ3) is 1.63. The van der Waals surface area contributed by atoms with Crippen LogP contribution in [0.3, 0.4) is 0 Å². The summed E-state index contributed by atoms with van der Waals surface area (Å²) in [6.07, 6.45) is 11.2. The van der Waals surface area contributed by atoms with Crippen LogP contribution in [0.5, 0.6) is 0 Å². The maximum atomic E-state index is 11.8. The van der Waals surface area contributed by atoms with E-state index in [2.05, 4.69) is 26.8 Å². The van der Waals surface area contributed by atoms with E-state index in [1.54, 1.807) is 0 Å². The van der Waals surface area contributed by atoms with E-state index in [-0.39, 0.29) is 5.41 Å². The molecule has 3 rings (SSSR count). The van der Waals surface area contributed by atoms with Crippen molar-refractivity contribution in [3.05, 3.63) is 23.3 Å². The predicted octanol–water partition coefficient (Wildman–Crippen LogP) is 4.44. The van der Waals surface area contributed by atoms with E-state index in [1.807, 2.05) is 6.08 Å². The van der Waals surface area contributed by atoms with E-state index < -0.39 is 0 Å². The van der Waals surface area contributed by atoms with E-state index in [1.165, 1.54) is 36.8 Å². The molecule has 0 aliphatic heterocycles. The second-order valence-corrected chi connectivity index (χ2v) is 7.30. The Morgan fingerprint density at radius 3 is 2.72 bits per heavy atom. The SMILES string of the molecule is CC1(C)CCC[C@@]2(C)C3=CC(=O)CCC3=CC[C@H]12. The van der Waals surface area contributed by atoms with Gasteiger partial charge in [-0.3, -0.25) is 4.79 Å². The van der Waals surface area contributed by atoms with Gasteiger partial charge in [0.1, 0.15) is 0 Å². The zero-order valence-electron chi connectivity index (χ0n) is 11.9.